The smallest absolute Gasteiger partial charge is 0.303 e. The van der Waals surface area contributed by atoms with Crippen molar-refractivity contribution in [3.05, 3.63) is 29.6 Å². The first-order valence-corrected chi connectivity index (χ1v) is 15.4. The van der Waals surface area contributed by atoms with Crippen molar-refractivity contribution in [2.24, 2.45) is 9.98 Å². The molecule has 50 heavy (non-hydrogen) atoms. The van der Waals surface area contributed by atoms with Crippen LogP contribution >= 0.6 is 0 Å². The van der Waals surface area contributed by atoms with Crippen LogP contribution in [0.4, 0.5) is 0 Å². The summed E-state index contributed by atoms with van der Waals surface area (Å²) in [6.45, 7) is 6.38. The fraction of sp³-hybridized carbons (Fsp3) is 0.581. The number of hydrogen-bond acceptors (Lipinski definition) is 19. The third kappa shape index (κ3) is 8.33. The molecule has 0 saturated carbocycles. The third-order valence-electron chi connectivity index (χ3n) is 7.51. The molecule has 0 amide bonds. The lowest BCUT2D eigenvalue weighted by molar-refractivity contribution is -0.249. The van der Waals surface area contributed by atoms with Gasteiger partial charge >= 0.3 is 35.8 Å². The summed E-state index contributed by atoms with van der Waals surface area (Å²) in [7, 11) is 0. The van der Waals surface area contributed by atoms with E-state index in [0.717, 1.165) is 13.8 Å². The van der Waals surface area contributed by atoms with Gasteiger partial charge in [-0.15, -0.1) is 0 Å². The molecule has 0 bridgehead atoms. The number of nitrogens with zero attached hydrogens (tertiary/aromatic N) is 3. The quantitative estimate of drug-likeness (QED) is 0.224. The van der Waals surface area contributed by atoms with E-state index in [1.165, 1.54) is 27.7 Å². The number of fused-ring (bicyclic) bond motifs is 2. The van der Waals surface area contributed by atoms with E-state index in [0.29, 0.717) is 0 Å². The Morgan fingerprint density at radius 1 is 0.560 bits per heavy atom. The van der Waals surface area contributed by atoms with Crippen LogP contribution in [0.1, 0.15) is 52.9 Å². The Labute approximate surface area is 284 Å². The molecule has 0 unspecified atom stereocenters. The normalized spacial score (nSPS) is 30.8. The molecule has 4 aliphatic rings. The van der Waals surface area contributed by atoms with Crippen LogP contribution in [0.2, 0.25) is 0 Å². The average Bonchev–Trinajstić information content (AvgIpc) is 3.65. The van der Waals surface area contributed by atoms with Crippen LogP contribution in [-0.4, -0.2) is 127 Å². The second-order valence-corrected chi connectivity index (χ2v) is 11.5. The largest absolute Gasteiger partial charge is 0.463 e. The molecule has 19 nitrogen and oxygen atoms in total. The molecule has 0 aliphatic carbocycles. The number of carbonyl (C=O) groups excluding carboxylic acids is 6. The number of esters is 6. The van der Waals surface area contributed by atoms with E-state index in [1.807, 2.05) is 0 Å². The third-order valence-corrected chi connectivity index (χ3v) is 7.51. The minimum absolute atomic E-state index is 0.0323. The minimum atomic E-state index is -1.20. The molecule has 10 atom stereocenters. The maximum Gasteiger partial charge on any atom is 0.303 e. The Hall–Kier alpha value is -5.17. The summed E-state index contributed by atoms with van der Waals surface area (Å²) in [6, 6.07) is 2.71. The number of hydrogen-bond donors (Lipinski definition) is 0. The Bertz CT molecular complexity index is 1480. The van der Waals surface area contributed by atoms with Gasteiger partial charge in [-0.2, -0.15) is 0 Å². The molecule has 19 heteroatoms. The van der Waals surface area contributed by atoms with Gasteiger partial charge in [0.25, 0.3) is 0 Å². The Morgan fingerprint density at radius 2 is 0.920 bits per heavy atom. The highest BCUT2D eigenvalue weighted by Crippen LogP contribution is 2.35. The summed E-state index contributed by atoms with van der Waals surface area (Å²) in [5.41, 5.74) is 0.346. The summed E-state index contributed by atoms with van der Waals surface area (Å²) in [5, 5.41) is 0. The van der Waals surface area contributed by atoms with Crippen LogP contribution < -0.4 is 0 Å². The fourth-order valence-corrected chi connectivity index (χ4v) is 5.72. The molecule has 0 spiro atoms. The number of pyridine rings is 1. The first-order chi connectivity index (χ1) is 23.7. The first-order valence-electron chi connectivity index (χ1n) is 15.4. The molecule has 5 heterocycles. The number of carbonyl (C=O) groups is 6. The topological polar surface area (TPSA) is 232 Å². The van der Waals surface area contributed by atoms with E-state index in [2.05, 4.69) is 15.0 Å². The molecule has 2 saturated heterocycles. The Balaban J connectivity index is 1.42. The van der Waals surface area contributed by atoms with E-state index in [1.54, 1.807) is 18.2 Å². The molecule has 1 aromatic heterocycles. The second kappa shape index (κ2) is 15.2. The van der Waals surface area contributed by atoms with Crippen molar-refractivity contribution in [1.82, 2.24) is 4.98 Å². The Kier molecular flexibility index (Phi) is 11.0. The summed E-state index contributed by atoms with van der Waals surface area (Å²) in [6.07, 6.45) is -9.20. The lowest BCUT2D eigenvalue weighted by atomic mass is 9.97. The summed E-state index contributed by atoms with van der Waals surface area (Å²) in [4.78, 5) is 84.9. The fourth-order valence-electron chi connectivity index (χ4n) is 5.72. The molecular weight excluding hydrogens is 670 g/mol. The zero-order valence-electron chi connectivity index (χ0n) is 27.8. The van der Waals surface area contributed by atoms with Gasteiger partial charge in [-0.1, -0.05) is 6.07 Å². The van der Waals surface area contributed by atoms with Gasteiger partial charge in [-0.3, -0.25) is 28.8 Å². The van der Waals surface area contributed by atoms with Gasteiger partial charge in [0.2, 0.25) is 24.4 Å². The molecule has 4 aliphatic heterocycles. The maximum absolute atomic E-state index is 12.1. The number of aliphatic imine (C=N–C) groups is 2. The van der Waals surface area contributed by atoms with E-state index in [4.69, 9.17) is 47.4 Å². The molecule has 1 aromatic rings. The summed E-state index contributed by atoms with van der Waals surface area (Å²) < 4.78 is 56.0. The molecule has 0 radical (unpaired) electrons. The second-order valence-electron chi connectivity index (χ2n) is 11.5. The minimum Gasteiger partial charge on any atom is -0.463 e. The van der Waals surface area contributed by atoms with Crippen molar-refractivity contribution < 1.29 is 76.1 Å². The predicted octanol–water partition coefficient (Wildman–Crippen LogP) is -0.325. The van der Waals surface area contributed by atoms with Crippen molar-refractivity contribution in [2.45, 2.75) is 103 Å². The first kappa shape index (κ1) is 36.1. The summed E-state index contributed by atoms with van der Waals surface area (Å²) in [5.74, 6) is -4.08. The zero-order chi connectivity index (χ0) is 36.3. The van der Waals surface area contributed by atoms with Gasteiger partial charge in [0.15, 0.2) is 36.5 Å². The lowest BCUT2D eigenvalue weighted by Gasteiger charge is -2.40. The number of aromatic nitrogens is 1. The van der Waals surface area contributed by atoms with Crippen molar-refractivity contribution in [1.29, 1.82) is 0 Å². The maximum atomic E-state index is 12.1. The van der Waals surface area contributed by atoms with Gasteiger partial charge in [-0.25, -0.2) is 15.0 Å². The van der Waals surface area contributed by atoms with Crippen LogP contribution in [-0.2, 0) is 76.1 Å². The van der Waals surface area contributed by atoms with Crippen LogP contribution in [0.5, 0.6) is 0 Å². The van der Waals surface area contributed by atoms with Crippen LogP contribution in [0.3, 0.4) is 0 Å². The lowest BCUT2D eigenvalue weighted by Crippen LogP contribution is -2.60. The van der Waals surface area contributed by atoms with Gasteiger partial charge < -0.3 is 47.4 Å². The number of ether oxygens (including phenoxy) is 10. The highest BCUT2D eigenvalue weighted by Gasteiger charge is 2.56. The number of rotatable bonds is 10. The highest BCUT2D eigenvalue weighted by atomic mass is 16.7. The van der Waals surface area contributed by atoms with Crippen molar-refractivity contribution in [3.63, 3.8) is 0 Å². The molecule has 0 aromatic carbocycles. The zero-order valence-corrected chi connectivity index (χ0v) is 27.8. The van der Waals surface area contributed by atoms with E-state index in [-0.39, 0.29) is 36.4 Å². The predicted molar refractivity (Wildman–Crippen MR) is 160 cm³/mol. The standard InChI is InChI=1S/C31H35N3O16/c1-12(35)41-10-20-24(43-14(3)37)26(45-16(5)39)22-30(47-20)49-28(33-22)18-8-7-9-19(32-18)29-34-23-27(46-17(6)40)25(44-15(4)38)21(11-42-13(2)36)48-31(23)50-29/h7-9,20-27,30-31H,10-11H2,1-6H3/t20-,21-,22-,23-,24-,25-,26-,27-,30-,31-/m1/s1. The average molecular weight is 706 g/mol. The molecule has 270 valence electrons. The van der Waals surface area contributed by atoms with Gasteiger partial charge in [0.1, 0.15) is 36.8 Å². The molecule has 5 rings (SSSR count). The van der Waals surface area contributed by atoms with Crippen LogP contribution in [0.25, 0.3) is 0 Å². The monoisotopic (exact) mass is 705 g/mol. The molecule has 2 fully saturated rings. The van der Waals surface area contributed by atoms with E-state index < -0.39 is 97.1 Å². The van der Waals surface area contributed by atoms with E-state index >= 15 is 0 Å². The molecular formula is C31H35N3O16. The summed E-state index contributed by atoms with van der Waals surface area (Å²) >= 11 is 0. The van der Waals surface area contributed by atoms with Gasteiger partial charge in [-0.05, 0) is 12.1 Å². The van der Waals surface area contributed by atoms with Crippen molar-refractivity contribution in [2.75, 3.05) is 13.2 Å². The van der Waals surface area contributed by atoms with Crippen LogP contribution in [0, 0.1) is 0 Å². The van der Waals surface area contributed by atoms with Gasteiger partial charge in [0.05, 0.1) is 0 Å². The van der Waals surface area contributed by atoms with Crippen LogP contribution in [0.15, 0.2) is 28.2 Å². The SMILES string of the molecule is CC(=O)OC[C@H]1O[C@@H]2OC(c3cccc(C4=N[C@H]5[C@@H](O4)O[C@H](COC(C)=O)[C@@H](OC(C)=O)[C@@H]5OC(C)=O)n3)=N[C@@H]2[C@@H](OC(C)=O)[C@@H]1OC(C)=O. The highest BCUT2D eigenvalue weighted by molar-refractivity contribution is 5.97. The van der Waals surface area contributed by atoms with Gasteiger partial charge in [0, 0.05) is 41.5 Å². The van der Waals surface area contributed by atoms with Crippen molar-refractivity contribution >= 4 is 47.6 Å². The molecule has 0 N–H and O–H groups in total. The Morgan fingerprint density at radius 3 is 1.26 bits per heavy atom. The van der Waals surface area contributed by atoms with Crippen molar-refractivity contribution in [3.8, 4) is 0 Å². The van der Waals surface area contributed by atoms with E-state index in [9.17, 15) is 28.8 Å².